The third-order valence-electron chi connectivity index (χ3n) is 7.07. The van der Waals surface area contributed by atoms with Crippen LogP contribution in [-0.4, -0.2) is 97.5 Å². The Morgan fingerprint density at radius 1 is 0.941 bits per heavy atom. The molecule has 0 aliphatic carbocycles. The van der Waals surface area contributed by atoms with Crippen molar-refractivity contribution in [3.05, 3.63) is 60.7 Å². The maximum absolute atomic E-state index is 12.2. The molecule has 13 nitrogen and oxygen atoms in total. The highest BCUT2D eigenvalue weighted by Crippen LogP contribution is 2.20. The number of benzene rings is 2. The van der Waals surface area contributed by atoms with Gasteiger partial charge in [-0.15, -0.1) is 6.58 Å². The normalized spacial score (nSPS) is 10.9. The minimum Gasteiger partial charge on any atom is -0.480 e. The van der Waals surface area contributed by atoms with Gasteiger partial charge in [-0.2, -0.15) is 0 Å². The Labute approximate surface area is 312 Å². The summed E-state index contributed by atoms with van der Waals surface area (Å²) >= 11 is 2.34. The van der Waals surface area contributed by atoms with E-state index in [4.69, 9.17) is 25.9 Å². The second-order valence-electron chi connectivity index (χ2n) is 12.8. The van der Waals surface area contributed by atoms with Gasteiger partial charge < -0.3 is 31.0 Å². The largest absolute Gasteiger partial charge is 0.480 e. The summed E-state index contributed by atoms with van der Waals surface area (Å²) in [6, 6.07) is 14.8. The summed E-state index contributed by atoms with van der Waals surface area (Å²) in [7, 11) is 1.89. The SMILES string of the molecule is C=C(C)CCC(C)(C)OCCC(C)C.CNc1ccc(SN)cc1.NSc1ccc(NC(=O)CN(CCN(CC=O)CC(N)=O)CC(=O)O)cc1. The quantitative estimate of drug-likeness (QED) is 0.0542. The third kappa shape index (κ3) is 26.1. The van der Waals surface area contributed by atoms with Crippen molar-refractivity contribution >= 4 is 59.3 Å². The van der Waals surface area contributed by atoms with Crippen LogP contribution >= 0.6 is 23.9 Å². The van der Waals surface area contributed by atoms with Crippen LogP contribution in [0.25, 0.3) is 0 Å². The van der Waals surface area contributed by atoms with Crippen LogP contribution in [0.3, 0.4) is 0 Å². The molecule has 0 atom stereocenters. The fraction of sp³-hybridized carbons (Fsp3) is 0.500. The number of ether oxygens (including phenoxy) is 1. The molecule has 0 spiro atoms. The number of primary amides is 1. The van der Waals surface area contributed by atoms with E-state index in [-0.39, 0.29) is 50.8 Å². The van der Waals surface area contributed by atoms with Crippen LogP contribution in [0.5, 0.6) is 0 Å². The average Bonchev–Trinajstić information content (AvgIpc) is 3.06. The summed E-state index contributed by atoms with van der Waals surface area (Å²) < 4.78 is 5.85. The van der Waals surface area contributed by atoms with Gasteiger partial charge in [-0.1, -0.05) is 19.4 Å². The van der Waals surface area contributed by atoms with Gasteiger partial charge in [0.05, 0.1) is 31.8 Å². The molecule has 0 aromatic heterocycles. The van der Waals surface area contributed by atoms with Crippen LogP contribution in [-0.2, 0) is 23.9 Å². The molecular formula is C36H59N7O6S2. The number of hydrogen-bond donors (Lipinski definition) is 6. The number of allylic oxidation sites excluding steroid dienone is 1. The van der Waals surface area contributed by atoms with Gasteiger partial charge in [0, 0.05) is 47.9 Å². The standard InChI is InChI=1S/C16H23N5O5S.C13H26O.C7H10N2S/c17-14(23)9-20(7-8-22)5-6-21(11-16(25)26)10-15(24)19-12-1-3-13(27-18)4-2-12;1-11(2)7-9-13(5,6)14-10-8-12(3)4;1-9-6-2-4-7(10-8)5-3-6/h1-4,8H,5-7,9-11,18H2,(H2,17,23)(H,19,24)(H,25,26);12H,1,7-10H2,2-6H3;2-5,9H,8H2,1H3. The van der Waals surface area contributed by atoms with Crippen LogP contribution in [0.1, 0.15) is 53.9 Å². The fourth-order valence-corrected chi connectivity index (χ4v) is 4.71. The van der Waals surface area contributed by atoms with Crippen LogP contribution < -0.4 is 26.6 Å². The van der Waals surface area contributed by atoms with E-state index in [1.54, 1.807) is 24.3 Å². The maximum atomic E-state index is 12.2. The van der Waals surface area contributed by atoms with Crippen molar-refractivity contribution in [2.75, 3.05) is 63.6 Å². The highest BCUT2D eigenvalue weighted by Gasteiger charge is 2.18. The number of nitrogens with two attached hydrogens (primary N) is 3. The number of carboxylic acids is 1. The molecule has 0 aliphatic rings. The second kappa shape index (κ2) is 27.2. The molecule has 0 fully saturated rings. The number of aldehydes is 1. The van der Waals surface area contributed by atoms with Crippen LogP contribution in [0.2, 0.25) is 0 Å². The topological polar surface area (TPSA) is 206 Å². The molecule has 0 aliphatic heterocycles. The van der Waals surface area contributed by atoms with Crippen molar-refractivity contribution in [3.63, 3.8) is 0 Å². The molecule has 0 bridgehead atoms. The Hall–Kier alpha value is -3.44. The lowest BCUT2D eigenvalue weighted by molar-refractivity contribution is -0.138. The first-order valence-electron chi connectivity index (χ1n) is 16.6. The smallest absolute Gasteiger partial charge is 0.317 e. The monoisotopic (exact) mass is 749 g/mol. The highest BCUT2D eigenvalue weighted by atomic mass is 32.2. The zero-order chi connectivity index (χ0) is 38.8. The Morgan fingerprint density at radius 2 is 1.47 bits per heavy atom. The number of aliphatic carboxylic acids is 1. The fourth-order valence-electron chi connectivity index (χ4n) is 4.13. The summed E-state index contributed by atoms with van der Waals surface area (Å²) in [5.41, 5.74) is 8.04. The van der Waals surface area contributed by atoms with E-state index in [1.165, 1.54) is 27.3 Å². The summed E-state index contributed by atoms with van der Waals surface area (Å²) in [6.07, 6.45) is 3.91. The van der Waals surface area contributed by atoms with Crippen molar-refractivity contribution in [2.45, 2.75) is 69.3 Å². The van der Waals surface area contributed by atoms with Crippen LogP contribution in [0.4, 0.5) is 11.4 Å². The first kappa shape index (κ1) is 47.6. The molecule has 0 saturated heterocycles. The number of anilines is 2. The van der Waals surface area contributed by atoms with Gasteiger partial charge in [-0.25, -0.2) is 0 Å². The molecule has 2 rings (SSSR count). The van der Waals surface area contributed by atoms with Gasteiger partial charge in [0.2, 0.25) is 11.8 Å². The molecule has 286 valence electrons. The number of nitrogens with zero attached hydrogens (tertiary/aromatic N) is 2. The molecular weight excluding hydrogens is 691 g/mol. The zero-order valence-corrected chi connectivity index (χ0v) is 32.6. The predicted molar refractivity (Wildman–Crippen MR) is 210 cm³/mol. The predicted octanol–water partition coefficient (Wildman–Crippen LogP) is 4.84. The van der Waals surface area contributed by atoms with E-state index in [2.05, 4.69) is 51.8 Å². The molecule has 0 saturated carbocycles. The molecule has 2 aromatic rings. The van der Waals surface area contributed by atoms with Crippen LogP contribution in [0.15, 0.2) is 70.5 Å². The van der Waals surface area contributed by atoms with Crippen molar-refractivity contribution in [2.24, 2.45) is 21.9 Å². The number of amides is 2. The van der Waals surface area contributed by atoms with Crippen LogP contribution in [0, 0.1) is 5.92 Å². The molecule has 51 heavy (non-hydrogen) atoms. The summed E-state index contributed by atoms with van der Waals surface area (Å²) in [5, 5.41) is 25.5. The summed E-state index contributed by atoms with van der Waals surface area (Å²) in [5.74, 6) is -1.35. The first-order chi connectivity index (χ1) is 24.0. The molecule has 2 aromatic carbocycles. The first-order valence-corrected chi connectivity index (χ1v) is 18.4. The minimum absolute atomic E-state index is 0.00778. The maximum Gasteiger partial charge on any atom is 0.317 e. The van der Waals surface area contributed by atoms with E-state index < -0.39 is 11.9 Å². The molecule has 9 N–H and O–H groups in total. The average molecular weight is 750 g/mol. The molecule has 15 heteroatoms. The van der Waals surface area contributed by atoms with Crippen molar-refractivity contribution < 1.29 is 29.0 Å². The Kier molecular flexibility index (Phi) is 25.4. The number of carbonyl (C=O) groups is 4. The lowest BCUT2D eigenvalue weighted by Crippen LogP contribution is -2.44. The number of nitrogens with one attached hydrogen (secondary N) is 2. The van der Waals surface area contributed by atoms with E-state index in [9.17, 15) is 19.2 Å². The van der Waals surface area contributed by atoms with Gasteiger partial charge in [-0.3, -0.25) is 34.5 Å². The lowest BCUT2D eigenvalue weighted by atomic mass is 9.99. The van der Waals surface area contributed by atoms with Crippen molar-refractivity contribution in [1.29, 1.82) is 0 Å². The Balaban J connectivity index is 0.000000860. The highest BCUT2D eigenvalue weighted by molar-refractivity contribution is 7.97. The van der Waals surface area contributed by atoms with Crippen molar-refractivity contribution in [1.82, 2.24) is 9.80 Å². The van der Waals surface area contributed by atoms with E-state index >= 15 is 0 Å². The molecule has 0 heterocycles. The number of carbonyl (C=O) groups excluding carboxylic acids is 3. The van der Waals surface area contributed by atoms with Gasteiger partial charge in [0.25, 0.3) is 0 Å². The number of hydrogen-bond acceptors (Lipinski definition) is 12. The van der Waals surface area contributed by atoms with Gasteiger partial charge in [0.15, 0.2) is 0 Å². The minimum atomic E-state index is -1.09. The summed E-state index contributed by atoms with van der Waals surface area (Å²) in [4.78, 5) is 49.7. The second-order valence-corrected chi connectivity index (χ2v) is 14.2. The molecule has 0 unspecified atom stereocenters. The van der Waals surface area contributed by atoms with Gasteiger partial charge in [-0.05, 0) is 118 Å². The van der Waals surface area contributed by atoms with E-state index in [1.807, 2.05) is 31.3 Å². The van der Waals surface area contributed by atoms with Crippen molar-refractivity contribution in [3.8, 4) is 0 Å². The van der Waals surface area contributed by atoms with Gasteiger partial charge in [0.1, 0.15) is 6.29 Å². The van der Waals surface area contributed by atoms with E-state index in [0.29, 0.717) is 12.0 Å². The van der Waals surface area contributed by atoms with E-state index in [0.717, 1.165) is 59.2 Å². The Bertz CT molecular complexity index is 1290. The Morgan fingerprint density at radius 3 is 1.90 bits per heavy atom. The van der Waals surface area contributed by atoms with Gasteiger partial charge >= 0.3 is 5.97 Å². The molecule has 0 radical (unpaired) electrons. The summed E-state index contributed by atoms with van der Waals surface area (Å²) in [6.45, 7) is 15.4. The number of rotatable bonds is 22. The zero-order valence-electron chi connectivity index (χ0n) is 31.0. The third-order valence-corrected chi connectivity index (χ3v) is 8.15. The lowest BCUT2D eigenvalue weighted by Gasteiger charge is -2.26. The molecule has 2 amide bonds. The number of carboxylic acid groups (broad SMARTS) is 1.